The molecule has 1 aromatic rings. The average Bonchev–Trinajstić information content (AvgIpc) is 3.00. The first-order valence-electron chi connectivity index (χ1n) is 8.88. The summed E-state index contributed by atoms with van der Waals surface area (Å²) in [5.74, 6) is -2.12. The fraction of sp³-hybridized carbons (Fsp3) is 0.500. The molecule has 1 heterocycles. The van der Waals surface area contributed by atoms with E-state index in [9.17, 15) is 27.6 Å². The van der Waals surface area contributed by atoms with E-state index in [0.717, 1.165) is 18.6 Å². The summed E-state index contributed by atoms with van der Waals surface area (Å²) in [6.45, 7) is 0.595. The number of benzene rings is 1. The van der Waals surface area contributed by atoms with E-state index in [1.165, 1.54) is 0 Å². The van der Waals surface area contributed by atoms with E-state index < -0.39 is 28.9 Å². The Hall–Kier alpha value is -2.29. The van der Waals surface area contributed by atoms with Gasteiger partial charge in [-0.25, -0.2) is 18.0 Å². The van der Waals surface area contributed by atoms with Crippen LogP contribution in [-0.2, 0) is 9.59 Å². The number of rotatable bonds is 4. The quantitative estimate of drug-likeness (QED) is 0.517. The number of imide groups is 1. The van der Waals surface area contributed by atoms with Gasteiger partial charge in [-0.3, -0.25) is 14.9 Å². The Morgan fingerprint density at radius 1 is 1.18 bits per heavy atom. The Balaban J connectivity index is 0.000000261. The van der Waals surface area contributed by atoms with Crippen LogP contribution in [0.15, 0.2) is 12.1 Å². The molecule has 3 N–H and O–H groups in total. The highest BCUT2D eigenvalue weighted by Gasteiger charge is 2.45. The van der Waals surface area contributed by atoms with Gasteiger partial charge in [0.2, 0.25) is 12.3 Å². The number of amides is 4. The highest BCUT2D eigenvalue weighted by Crippen LogP contribution is 2.44. The molecule has 1 atom stereocenters. The van der Waals surface area contributed by atoms with Gasteiger partial charge in [-0.05, 0) is 31.4 Å². The number of nitrogens with one attached hydrogen (secondary N) is 3. The van der Waals surface area contributed by atoms with Crippen molar-refractivity contribution in [2.45, 2.75) is 50.2 Å². The number of urea groups is 1. The maximum atomic E-state index is 14.7. The van der Waals surface area contributed by atoms with Gasteiger partial charge in [0, 0.05) is 13.0 Å². The Morgan fingerprint density at radius 2 is 1.86 bits per heavy atom. The summed E-state index contributed by atoms with van der Waals surface area (Å²) in [6, 6.07) is 0.301. The molecule has 1 aromatic carbocycles. The van der Waals surface area contributed by atoms with Crippen molar-refractivity contribution in [2.75, 3.05) is 6.54 Å². The van der Waals surface area contributed by atoms with Crippen LogP contribution in [0, 0.1) is 11.6 Å². The van der Waals surface area contributed by atoms with Gasteiger partial charge in [0.1, 0.15) is 17.3 Å². The molecule has 1 aliphatic heterocycles. The summed E-state index contributed by atoms with van der Waals surface area (Å²) in [5.41, 5.74) is -2.35. The number of carbonyl (C=O) groups excluding carboxylic acids is 3. The van der Waals surface area contributed by atoms with Gasteiger partial charge in [-0.2, -0.15) is 0 Å². The molecule has 10 heteroatoms. The van der Waals surface area contributed by atoms with E-state index in [1.807, 2.05) is 0 Å². The van der Waals surface area contributed by atoms with Crippen LogP contribution in [-0.4, -0.2) is 30.6 Å². The van der Waals surface area contributed by atoms with E-state index in [4.69, 9.17) is 11.6 Å². The predicted molar refractivity (Wildman–Crippen MR) is 96.4 cm³/mol. The van der Waals surface area contributed by atoms with Crippen LogP contribution in [0.5, 0.6) is 0 Å². The molecule has 1 aliphatic carbocycles. The van der Waals surface area contributed by atoms with Gasteiger partial charge in [-0.1, -0.05) is 24.4 Å². The van der Waals surface area contributed by atoms with Crippen LogP contribution in [0.3, 0.4) is 0 Å². The van der Waals surface area contributed by atoms with Crippen molar-refractivity contribution in [3.8, 4) is 0 Å². The van der Waals surface area contributed by atoms with E-state index in [0.29, 0.717) is 25.8 Å². The van der Waals surface area contributed by atoms with Crippen molar-refractivity contribution >= 4 is 29.9 Å². The van der Waals surface area contributed by atoms with Gasteiger partial charge in [-0.15, -0.1) is 0 Å². The molecule has 0 radical (unpaired) electrons. The van der Waals surface area contributed by atoms with Crippen LogP contribution in [0.2, 0.25) is 5.02 Å². The van der Waals surface area contributed by atoms with Crippen molar-refractivity contribution in [3.63, 3.8) is 0 Å². The average molecular weight is 420 g/mol. The lowest BCUT2D eigenvalue weighted by Crippen LogP contribution is -2.39. The molecule has 4 amide bonds. The lowest BCUT2D eigenvalue weighted by atomic mass is 9.88. The first-order valence-corrected chi connectivity index (χ1v) is 9.26. The maximum absolute atomic E-state index is 14.7. The number of carbonyl (C=O) groups is 3. The summed E-state index contributed by atoms with van der Waals surface area (Å²) in [7, 11) is 0. The third-order valence-corrected chi connectivity index (χ3v) is 4.97. The minimum Gasteiger partial charge on any atom is -0.348 e. The molecule has 28 heavy (non-hydrogen) atoms. The van der Waals surface area contributed by atoms with E-state index in [-0.39, 0.29) is 36.2 Å². The fourth-order valence-corrected chi connectivity index (χ4v) is 3.47. The van der Waals surface area contributed by atoms with Gasteiger partial charge in [0.15, 0.2) is 0 Å². The van der Waals surface area contributed by atoms with Crippen LogP contribution in [0.1, 0.15) is 50.1 Å². The fourth-order valence-electron chi connectivity index (χ4n) is 3.30. The third-order valence-electron chi connectivity index (χ3n) is 4.67. The number of halogens is 4. The highest BCUT2D eigenvalue weighted by atomic mass is 35.5. The first-order chi connectivity index (χ1) is 13.3. The lowest BCUT2D eigenvalue weighted by molar-refractivity contribution is -0.119. The minimum absolute atomic E-state index is 0.157. The molecule has 154 valence electrons. The van der Waals surface area contributed by atoms with Crippen molar-refractivity contribution in [1.29, 1.82) is 0 Å². The number of hydrogen-bond acceptors (Lipinski definition) is 3. The maximum Gasteiger partial charge on any atom is 0.321 e. The van der Waals surface area contributed by atoms with Crippen molar-refractivity contribution in [3.05, 3.63) is 34.4 Å². The predicted octanol–water partition coefficient (Wildman–Crippen LogP) is 3.29. The SMILES string of the molecule is O=C1CCCNC(=O)N1.O=CNC(c1c(F)ccc(Cl)c1F)C1(F)CCCC1. The summed E-state index contributed by atoms with van der Waals surface area (Å²) < 4.78 is 42.5. The largest absolute Gasteiger partial charge is 0.348 e. The summed E-state index contributed by atoms with van der Waals surface area (Å²) in [4.78, 5) is 31.6. The Labute approximate surface area is 165 Å². The molecular weight excluding hydrogens is 399 g/mol. The normalized spacial score (nSPS) is 19.4. The Kier molecular flexibility index (Phi) is 7.68. The molecule has 1 saturated carbocycles. The lowest BCUT2D eigenvalue weighted by Gasteiger charge is -2.30. The Bertz CT molecular complexity index is 726. The second-order valence-corrected chi connectivity index (χ2v) is 7.03. The van der Waals surface area contributed by atoms with Crippen LogP contribution in [0.4, 0.5) is 18.0 Å². The smallest absolute Gasteiger partial charge is 0.321 e. The van der Waals surface area contributed by atoms with E-state index in [1.54, 1.807) is 0 Å². The Morgan fingerprint density at radius 3 is 2.50 bits per heavy atom. The molecule has 2 aliphatic rings. The van der Waals surface area contributed by atoms with Gasteiger partial charge in [0.25, 0.3) is 0 Å². The monoisotopic (exact) mass is 419 g/mol. The third kappa shape index (κ3) is 5.37. The summed E-state index contributed by atoms with van der Waals surface area (Å²) >= 11 is 5.60. The first kappa shape index (κ1) is 22.0. The van der Waals surface area contributed by atoms with Crippen LogP contribution in [0.25, 0.3) is 0 Å². The molecule has 3 rings (SSSR count). The van der Waals surface area contributed by atoms with E-state index >= 15 is 0 Å². The van der Waals surface area contributed by atoms with Crippen molar-refractivity contribution in [2.24, 2.45) is 0 Å². The van der Waals surface area contributed by atoms with Gasteiger partial charge in [0.05, 0.1) is 16.6 Å². The second kappa shape index (κ2) is 9.77. The van der Waals surface area contributed by atoms with Crippen molar-refractivity contribution < 1.29 is 27.6 Å². The number of alkyl halides is 1. The molecule has 0 bridgehead atoms. The molecule has 6 nitrogen and oxygen atoms in total. The zero-order valence-corrected chi connectivity index (χ0v) is 15.8. The highest BCUT2D eigenvalue weighted by molar-refractivity contribution is 6.30. The minimum atomic E-state index is -1.84. The molecule has 2 fully saturated rings. The summed E-state index contributed by atoms with van der Waals surface area (Å²) in [6.07, 6.45) is 2.99. The molecule has 1 saturated heterocycles. The van der Waals surface area contributed by atoms with Gasteiger partial charge >= 0.3 is 6.03 Å². The van der Waals surface area contributed by atoms with Crippen LogP contribution >= 0.6 is 11.6 Å². The second-order valence-electron chi connectivity index (χ2n) is 6.62. The molecular formula is C18H21ClF3N3O3. The topological polar surface area (TPSA) is 87.3 Å². The number of hydrogen-bond donors (Lipinski definition) is 3. The standard InChI is InChI=1S/C13H13ClF3NO.C5H8N2O2/c14-8-3-4-9(15)10(11(8)16)12(18-7-19)13(17)5-1-2-6-13;8-4-2-1-3-6-5(9)7-4/h3-4,7,12H,1-2,5-6H2,(H,18,19);1-3H2,(H2,6,7,8,9). The zero-order chi connectivity index (χ0) is 20.7. The molecule has 0 spiro atoms. The summed E-state index contributed by atoms with van der Waals surface area (Å²) in [5, 5.41) is 6.56. The zero-order valence-electron chi connectivity index (χ0n) is 15.0. The van der Waals surface area contributed by atoms with Gasteiger partial charge < -0.3 is 10.6 Å². The van der Waals surface area contributed by atoms with E-state index in [2.05, 4.69) is 16.0 Å². The van der Waals surface area contributed by atoms with Crippen LogP contribution < -0.4 is 16.0 Å². The van der Waals surface area contributed by atoms with Crippen molar-refractivity contribution in [1.82, 2.24) is 16.0 Å². The molecule has 1 unspecified atom stereocenters. The molecule has 0 aromatic heterocycles.